The Bertz CT molecular complexity index is 271. The first-order valence-corrected chi connectivity index (χ1v) is 5.24. The lowest BCUT2D eigenvalue weighted by molar-refractivity contribution is 0.0983. The summed E-state index contributed by atoms with van der Waals surface area (Å²) in [6, 6.07) is 6.70. The molecule has 1 aliphatic rings. The van der Waals surface area contributed by atoms with Crippen molar-refractivity contribution >= 4 is 0 Å². The lowest BCUT2D eigenvalue weighted by Gasteiger charge is -2.40. The predicted molar refractivity (Wildman–Crippen MR) is 57.0 cm³/mol. The van der Waals surface area contributed by atoms with Gasteiger partial charge in [-0.3, -0.25) is 9.88 Å². The van der Waals surface area contributed by atoms with Gasteiger partial charge >= 0.3 is 0 Å². The highest BCUT2D eigenvalue weighted by Crippen LogP contribution is 2.15. The standard InChI is InChI=1S/C11H17N3/c12-9-11-5-8-14(11)7-4-10-3-1-2-6-13-10/h1-3,6,11H,4-5,7-9,12H2. The molecule has 2 rings (SSSR count). The highest BCUT2D eigenvalue weighted by atomic mass is 15.2. The first-order valence-electron chi connectivity index (χ1n) is 5.24. The third-order valence-corrected chi connectivity index (χ3v) is 2.92. The van der Waals surface area contributed by atoms with E-state index in [0.29, 0.717) is 6.04 Å². The van der Waals surface area contributed by atoms with Crippen LogP contribution in [-0.2, 0) is 6.42 Å². The fourth-order valence-corrected chi connectivity index (χ4v) is 1.86. The van der Waals surface area contributed by atoms with E-state index in [0.717, 1.165) is 19.5 Å². The number of nitrogens with two attached hydrogens (primary N) is 1. The third-order valence-electron chi connectivity index (χ3n) is 2.92. The number of pyridine rings is 1. The Morgan fingerprint density at radius 3 is 3.00 bits per heavy atom. The summed E-state index contributed by atoms with van der Waals surface area (Å²) >= 11 is 0. The molecule has 2 heterocycles. The van der Waals surface area contributed by atoms with Crippen molar-refractivity contribution in [3.8, 4) is 0 Å². The number of hydrogen-bond donors (Lipinski definition) is 1. The molecule has 2 N–H and O–H groups in total. The molecule has 0 bridgehead atoms. The zero-order valence-corrected chi connectivity index (χ0v) is 8.39. The maximum Gasteiger partial charge on any atom is 0.0416 e. The van der Waals surface area contributed by atoms with Crippen LogP contribution < -0.4 is 5.73 Å². The maximum atomic E-state index is 5.64. The molecular formula is C11H17N3. The summed E-state index contributed by atoms with van der Waals surface area (Å²) in [4.78, 5) is 6.74. The highest BCUT2D eigenvalue weighted by molar-refractivity contribution is 5.04. The average molecular weight is 191 g/mol. The molecule has 1 saturated heterocycles. The molecule has 1 aromatic rings. The molecule has 0 radical (unpaired) electrons. The molecule has 0 amide bonds. The Labute approximate surface area is 84.9 Å². The summed E-state index contributed by atoms with van der Waals surface area (Å²) in [5.74, 6) is 0. The molecular weight excluding hydrogens is 174 g/mol. The van der Waals surface area contributed by atoms with Gasteiger partial charge in [0.2, 0.25) is 0 Å². The van der Waals surface area contributed by atoms with Gasteiger partial charge in [0.05, 0.1) is 0 Å². The number of aromatic nitrogens is 1. The molecule has 1 unspecified atom stereocenters. The normalized spacial score (nSPS) is 21.9. The van der Waals surface area contributed by atoms with Gasteiger partial charge in [0.15, 0.2) is 0 Å². The van der Waals surface area contributed by atoms with Gasteiger partial charge in [-0.25, -0.2) is 0 Å². The smallest absolute Gasteiger partial charge is 0.0416 e. The fraction of sp³-hybridized carbons (Fsp3) is 0.545. The zero-order valence-electron chi connectivity index (χ0n) is 8.39. The fourth-order valence-electron chi connectivity index (χ4n) is 1.86. The van der Waals surface area contributed by atoms with Crippen LogP contribution in [0.5, 0.6) is 0 Å². The Kier molecular flexibility index (Phi) is 3.11. The van der Waals surface area contributed by atoms with E-state index < -0.39 is 0 Å². The van der Waals surface area contributed by atoms with Gasteiger partial charge in [-0.2, -0.15) is 0 Å². The highest BCUT2D eigenvalue weighted by Gasteiger charge is 2.25. The van der Waals surface area contributed by atoms with Gasteiger partial charge in [0.25, 0.3) is 0 Å². The van der Waals surface area contributed by atoms with Crippen LogP contribution in [0.15, 0.2) is 24.4 Å². The second kappa shape index (κ2) is 4.53. The lowest BCUT2D eigenvalue weighted by atomic mass is 10.0. The van der Waals surface area contributed by atoms with Crippen LogP contribution in [0.2, 0.25) is 0 Å². The minimum atomic E-state index is 0.624. The first kappa shape index (κ1) is 9.62. The van der Waals surface area contributed by atoms with Gasteiger partial charge in [0.1, 0.15) is 0 Å². The summed E-state index contributed by atoms with van der Waals surface area (Å²) in [6.45, 7) is 3.09. The largest absolute Gasteiger partial charge is 0.329 e. The van der Waals surface area contributed by atoms with E-state index in [-0.39, 0.29) is 0 Å². The van der Waals surface area contributed by atoms with Crippen molar-refractivity contribution < 1.29 is 0 Å². The molecule has 0 saturated carbocycles. The van der Waals surface area contributed by atoms with Crippen LogP contribution in [0.4, 0.5) is 0 Å². The predicted octanol–water partition coefficient (Wildman–Crippen LogP) is 0.657. The zero-order chi connectivity index (χ0) is 9.80. The van der Waals surface area contributed by atoms with Crippen molar-refractivity contribution in [2.24, 2.45) is 5.73 Å². The molecule has 0 spiro atoms. The van der Waals surface area contributed by atoms with Crippen LogP contribution >= 0.6 is 0 Å². The van der Waals surface area contributed by atoms with Crippen molar-refractivity contribution in [1.82, 2.24) is 9.88 Å². The lowest BCUT2D eigenvalue weighted by Crippen LogP contribution is -2.52. The average Bonchev–Trinajstić information content (AvgIpc) is 2.19. The summed E-state index contributed by atoms with van der Waals surface area (Å²) in [7, 11) is 0. The minimum absolute atomic E-state index is 0.624. The van der Waals surface area contributed by atoms with Gasteiger partial charge in [-0.05, 0) is 18.6 Å². The maximum absolute atomic E-state index is 5.64. The minimum Gasteiger partial charge on any atom is -0.329 e. The van der Waals surface area contributed by atoms with Gasteiger partial charge < -0.3 is 5.73 Å². The van der Waals surface area contributed by atoms with Crippen molar-refractivity contribution in [3.05, 3.63) is 30.1 Å². The molecule has 14 heavy (non-hydrogen) atoms. The van der Waals surface area contributed by atoms with Crippen LogP contribution in [0, 0.1) is 0 Å². The molecule has 0 aromatic carbocycles. The summed E-state index contributed by atoms with van der Waals surface area (Å²) < 4.78 is 0. The second-order valence-electron chi connectivity index (χ2n) is 3.79. The number of rotatable bonds is 4. The van der Waals surface area contributed by atoms with Gasteiger partial charge in [0, 0.05) is 44.0 Å². The van der Waals surface area contributed by atoms with Crippen LogP contribution in [-0.4, -0.2) is 35.6 Å². The first-order chi connectivity index (χ1) is 6.90. The second-order valence-corrected chi connectivity index (χ2v) is 3.79. The molecule has 1 aliphatic heterocycles. The molecule has 3 heteroatoms. The van der Waals surface area contributed by atoms with E-state index >= 15 is 0 Å². The third kappa shape index (κ3) is 2.11. The Morgan fingerprint density at radius 2 is 2.43 bits per heavy atom. The van der Waals surface area contributed by atoms with E-state index in [2.05, 4.69) is 16.0 Å². The van der Waals surface area contributed by atoms with Gasteiger partial charge in [-0.1, -0.05) is 6.07 Å². The topological polar surface area (TPSA) is 42.1 Å². The number of nitrogens with zero attached hydrogens (tertiary/aromatic N) is 2. The van der Waals surface area contributed by atoms with E-state index in [1.54, 1.807) is 0 Å². The van der Waals surface area contributed by atoms with E-state index in [4.69, 9.17) is 5.73 Å². The van der Waals surface area contributed by atoms with Gasteiger partial charge in [-0.15, -0.1) is 0 Å². The van der Waals surface area contributed by atoms with Crippen molar-refractivity contribution in [2.45, 2.75) is 18.9 Å². The van der Waals surface area contributed by atoms with Crippen LogP contribution in [0.25, 0.3) is 0 Å². The monoisotopic (exact) mass is 191 g/mol. The Morgan fingerprint density at radius 1 is 1.50 bits per heavy atom. The number of hydrogen-bond acceptors (Lipinski definition) is 3. The van der Waals surface area contributed by atoms with E-state index in [1.165, 1.54) is 18.7 Å². The van der Waals surface area contributed by atoms with Crippen LogP contribution in [0.1, 0.15) is 12.1 Å². The van der Waals surface area contributed by atoms with Crippen molar-refractivity contribution in [3.63, 3.8) is 0 Å². The molecule has 1 fully saturated rings. The summed E-state index contributed by atoms with van der Waals surface area (Å²) in [6.07, 6.45) is 4.15. The van der Waals surface area contributed by atoms with E-state index in [1.807, 2.05) is 18.3 Å². The SMILES string of the molecule is NCC1CCN1CCc1ccccn1. The Hall–Kier alpha value is -0.930. The quantitative estimate of drug-likeness (QED) is 0.760. The number of likely N-dealkylation sites (tertiary alicyclic amines) is 1. The molecule has 76 valence electrons. The van der Waals surface area contributed by atoms with Crippen molar-refractivity contribution in [1.29, 1.82) is 0 Å². The molecule has 1 atom stereocenters. The summed E-state index contributed by atoms with van der Waals surface area (Å²) in [5, 5.41) is 0. The van der Waals surface area contributed by atoms with Crippen LogP contribution in [0.3, 0.4) is 0 Å². The van der Waals surface area contributed by atoms with E-state index in [9.17, 15) is 0 Å². The summed E-state index contributed by atoms with van der Waals surface area (Å²) in [5.41, 5.74) is 6.81. The molecule has 1 aromatic heterocycles. The Balaban J connectivity index is 1.78. The molecule has 0 aliphatic carbocycles. The molecule has 3 nitrogen and oxygen atoms in total. The van der Waals surface area contributed by atoms with Crippen molar-refractivity contribution in [2.75, 3.05) is 19.6 Å².